The molecule has 4 aromatic rings. The summed E-state index contributed by atoms with van der Waals surface area (Å²) in [6.07, 6.45) is -3.98. The fourth-order valence-electron chi connectivity index (χ4n) is 4.90. The number of nitrogens with zero attached hydrogens (tertiary/aromatic N) is 2. The molecule has 0 fully saturated rings. The Labute approximate surface area is 267 Å². The molecule has 46 heavy (non-hydrogen) atoms. The molecule has 0 radical (unpaired) electrons. The van der Waals surface area contributed by atoms with Gasteiger partial charge in [0.2, 0.25) is 11.8 Å². The molecule has 1 N–H and O–H groups in total. The number of sulfonamides is 1. The van der Waals surface area contributed by atoms with E-state index in [0.717, 1.165) is 23.3 Å². The minimum atomic E-state index is -4.75. The molecule has 0 saturated heterocycles. The van der Waals surface area contributed by atoms with Crippen molar-refractivity contribution in [2.24, 2.45) is 0 Å². The quantitative estimate of drug-likeness (QED) is 0.182. The average molecular weight is 652 g/mol. The van der Waals surface area contributed by atoms with Crippen LogP contribution in [0.25, 0.3) is 0 Å². The molecule has 0 spiro atoms. The topological polar surface area (TPSA) is 86.8 Å². The van der Waals surface area contributed by atoms with Crippen molar-refractivity contribution in [2.45, 2.75) is 50.3 Å². The number of carbonyl (C=O) groups is 2. The standard InChI is InChI=1S/C35H36F3N3O4S/c1-3-21-39-34(43)32(22-27-11-6-4-7-12-27)40(24-28-13-8-5-9-14-28)33(42)25-41(30-16-10-15-29(23-30)35(36,37)38)46(44,45)31-19-17-26(2)18-20-31/h4-20,23,32H,3,21-22,24-25H2,1-2H3,(H,39,43)/t32-/m0/s1. The third kappa shape index (κ3) is 8.75. The highest BCUT2D eigenvalue weighted by atomic mass is 32.2. The van der Waals surface area contributed by atoms with Gasteiger partial charge < -0.3 is 10.2 Å². The maximum Gasteiger partial charge on any atom is 0.416 e. The summed E-state index contributed by atoms with van der Waals surface area (Å²) >= 11 is 0. The summed E-state index contributed by atoms with van der Waals surface area (Å²) in [4.78, 5) is 29.1. The minimum absolute atomic E-state index is 0.0439. The fourth-order valence-corrected chi connectivity index (χ4v) is 6.31. The van der Waals surface area contributed by atoms with E-state index in [2.05, 4.69) is 5.32 Å². The summed E-state index contributed by atoms with van der Waals surface area (Å²) in [6, 6.07) is 26.6. The first-order valence-electron chi connectivity index (χ1n) is 14.8. The van der Waals surface area contributed by atoms with Gasteiger partial charge in [-0.3, -0.25) is 13.9 Å². The number of amides is 2. The van der Waals surface area contributed by atoms with Crippen LogP contribution >= 0.6 is 0 Å². The molecule has 4 aromatic carbocycles. The second kappa shape index (κ2) is 15.1. The van der Waals surface area contributed by atoms with E-state index in [1.807, 2.05) is 37.3 Å². The number of nitrogens with one attached hydrogen (secondary N) is 1. The molecule has 0 aliphatic rings. The number of hydrogen-bond acceptors (Lipinski definition) is 4. The first kappa shape index (κ1) is 34.2. The molecule has 2 amide bonds. The molecule has 0 heterocycles. The molecule has 0 aliphatic heterocycles. The summed E-state index contributed by atoms with van der Waals surface area (Å²) in [5.41, 5.74) is 0.829. The SMILES string of the molecule is CCCNC(=O)[C@H](Cc1ccccc1)N(Cc1ccccc1)C(=O)CN(c1cccc(C(F)(F)F)c1)S(=O)(=O)c1ccc(C)cc1. The number of benzene rings is 4. The van der Waals surface area contributed by atoms with E-state index in [4.69, 9.17) is 0 Å². The van der Waals surface area contributed by atoms with E-state index >= 15 is 0 Å². The number of alkyl halides is 3. The molecule has 0 aromatic heterocycles. The molecule has 4 rings (SSSR count). The average Bonchev–Trinajstić information content (AvgIpc) is 3.04. The molecule has 11 heteroatoms. The smallest absolute Gasteiger partial charge is 0.354 e. The molecule has 1 atom stereocenters. The van der Waals surface area contributed by atoms with E-state index in [-0.39, 0.29) is 23.5 Å². The molecule has 0 bridgehead atoms. The monoisotopic (exact) mass is 651 g/mol. The molecular formula is C35H36F3N3O4S. The summed E-state index contributed by atoms with van der Waals surface area (Å²) in [7, 11) is -4.54. The predicted octanol–water partition coefficient (Wildman–Crippen LogP) is 6.38. The van der Waals surface area contributed by atoms with Crippen molar-refractivity contribution in [3.05, 3.63) is 131 Å². The predicted molar refractivity (Wildman–Crippen MR) is 171 cm³/mol. The van der Waals surface area contributed by atoms with Crippen LogP contribution < -0.4 is 9.62 Å². The van der Waals surface area contributed by atoms with Gasteiger partial charge in [0.15, 0.2) is 0 Å². The lowest BCUT2D eigenvalue weighted by molar-refractivity contribution is -0.140. The summed E-state index contributed by atoms with van der Waals surface area (Å²) in [5.74, 6) is -1.19. The number of carbonyl (C=O) groups excluding carboxylic acids is 2. The zero-order chi connectivity index (χ0) is 33.3. The Bertz CT molecular complexity index is 1720. The highest BCUT2D eigenvalue weighted by Crippen LogP contribution is 2.33. The van der Waals surface area contributed by atoms with Gasteiger partial charge in [-0.15, -0.1) is 0 Å². The van der Waals surface area contributed by atoms with Crippen molar-refractivity contribution < 1.29 is 31.2 Å². The van der Waals surface area contributed by atoms with E-state index in [9.17, 15) is 31.2 Å². The molecule has 0 unspecified atom stereocenters. The highest BCUT2D eigenvalue weighted by molar-refractivity contribution is 7.92. The number of halogens is 3. The Hall–Kier alpha value is -4.64. The van der Waals surface area contributed by atoms with Crippen LogP contribution in [0.2, 0.25) is 0 Å². The Morgan fingerprint density at radius 1 is 0.826 bits per heavy atom. The molecule has 7 nitrogen and oxygen atoms in total. The van der Waals surface area contributed by atoms with Crippen molar-refractivity contribution in [2.75, 3.05) is 17.4 Å². The molecular weight excluding hydrogens is 615 g/mol. The Kier molecular flexibility index (Phi) is 11.2. The second-order valence-corrected chi connectivity index (χ2v) is 12.7. The second-order valence-electron chi connectivity index (χ2n) is 10.9. The van der Waals surface area contributed by atoms with Gasteiger partial charge in [0.1, 0.15) is 12.6 Å². The molecule has 242 valence electrons. The zero-order valence-electron chi connectivity index (χ0n) is 25.6. The molecule has 0 saturated carbocycles. The van der Waals surface area contributed by atoms with Crippen molar-refractivity contribution >= 4 is 27.5 Å². The van der Waals surface area contributed by atoms with Gasteiger partial charge in [-0.1, -0.05) is 91.3 Å². The Morgan fingerprint density at radius 2 is 1.43 bits per heavy atom. The van der Waals surface area contributed by atoms with E-state index in [1.54, 1.807) is 49.4 Å². The van der Waals surface area contributed by atoms with Gasteiger partial charge in [0.05, 0.1) is 16.1 Å². The van der Waals surface area contributed by atoms with Gasteiger partial charge in [0.25, 0.3) is 10.0 Å². The first-order chi connectivity index (χ1) is 21.9. The number of rotatable bonds is 13. The highest BCUT2D eigenvalue weighted by Gasteiger charge is 2.36. The number of hydrogen-bond donors (Lipinski definition) is 1. The lowest BCUT2D eigenvalue weighted by atomic mass is 10.0. The van der Waals surface area contributed by atoms with E-state index in [0.29, 0.717) is 28.9 Å². The zero-order valence-corrected chi connectivity index (χ0v) is 26.4. The van der Waals surface area contributed by atoms with Crippen LogP contribution in [0.4, 0.5) is 18.9 Å². The van der Waals surface area contributed by atoms with Crippen LogP contribution in [-0.4, -0.2) is 44.3 Å². The van der Waals surface area contributed by atoms with E-state index < -0.39 is 46.2 Å². The Morgan fingerprint density at radius 3 is 2.02 bits per heavy atom. The Balaban J connectivity index is 1.82. The maximum atomic E-state index is 14.4. The third-order valence-electron chi connectivity index (χ3n) is 7.37. The van der Waals surface area contributed by atoms with E-state index in [1.165, 1.54) is 23.1 Å². The lowest BCUT2D eigenvalue weighted by Gasteiger charge is -2.34. The van der Waals surface area contributed by atoms with Gasteiger partial charge in [-0.2, -0.15) is 13.2 Å². The van der Waals surface area contributed by atoms with Gasteiger partial charge in [-0.05, 0) is 54.8 Å². The first-order valence-corrected chi connectivity index (χ1v) is 16.3. The normalized spacial score (nSPS) is 12.3. The molecule has 0 aliphatic carbocycles. The summed E-state index contributed by atoms with van der Waals surface area (Å²) in [6.45, 7) is 3.12. The largest absolute Gasteiger partial charge is 0.416 e. The van der Waals surface area contributed by atoms with Crippen LogP contribution in [0.15, 0.2) is 114 Å². The number of aryl methyl sites for hydroxylation is 1. The maximum absolute atomic E-state index is 14.4. The van der Waals surface area contributed by atoms with Crippen molar-refractivity contribution in [3.63, 3.8) is 0 Å². The van der Waals surface area contributed by atoms with Crippen molar-refractivity contribution in [1.82, 2.24) is 10.2 Å². The minimum Gasteiger partial charge on any atom is -0.354 e. The van der Waals surface area contributed by atoms with Crippen LogP contribution in [-0.2, 0) is 38.8 Å². The van der Waals surface area contributed by atoms with Crippen molar-refractivity contribution in [3.8, 4) is 0 Å². The van der Waals surface area contributed by atoms with Crippen molar-refractivity contribution in [1.29, 1.82) is 0 Å². The summed E-state index contributed by atoms with van der Waals surface area (Å²) in [5, 5.41) is 2.85. The van der Waals surface area contributed by atoms with Gasteiger partial charge in [0, 0.05) is 19.5 Å². The summed E-state index contributed by atoms with van der Waals surface area (Å²) < 4.78 is 70.0. The van der Waals surface area contributed by atoms with Crippen LogP contribution in [0.3, 0.4) is 0 Å². The lowest BCUT2D eigenvalue weighted by Crippen LogP contribution is -2.53. The van der Waals surface area contributed by atoms with Gasteiger partial charge >= 0.3 is 6.18 Å². The van der Waals surface area contributed by atoms with Crippen LogP contribution in [0, 0.1) is 6.92 Å². The fraction of sp³-hybridized carbons (Fsp3) is 0.257. The van der Waals surface area contributed by atoms with Gasteiger partial charge in [-0.25, -0.2) is 8.42 Å². The van der Waals surface area contributed by atoms with Crippen LogP contribution in [0.5, 0.6) is 0 Å². The number of anilines is 1. The van der Waals surface area contributed by atoms with Crippen LogP contribution in [0.1, 0.15) is 35.6 Å². The third-order valence-corrected chi connectivity index (χ3v) is 9.15.